The van der Waals surface area contributed by atoms with E-state index >= 15 is 0 Å². The molecule has 1 spiro atoms. The monoisotopic (exact) mass is 526 g/mol. The van der Waals surface area contributed by atoms with E-state index < -0.39 is 23.0 Å². The summed E-state index contributed by atoms with van der Waals surface area (Å²) in [5, 5.41) is 9.18. The third-order valence-corrected chi connectivity index (χ3v) is 8.74. The smallest absolute Gasteiger partial charge is 0.419 e. The van der Waals surface area contributed by atoms with Crippen LogP contribution in [0.2, 0.25) is 0 Å². The number of rotatable bonds is 4. The molecule has 3 saturated carbocycles. The Bertz CT molecular complexity index is 1290. The molecule has 6 rings (SSSR count). The average molecular weight is 527 g/mol. The number of ether oxygens (including phenoxy) is 1. The Morgan fingerprint density at radius 2 is 1.76 bits per heavy atom. The molecule has 3 aliphatic carbocycles. The highest BCUT2D eigenvalue weighted by molar-refractivity contribution is 7.81. The molecule has 2 heterocycles. The van der Waals surface area contributed by atoms with Gasteiger partial charge in [0.1, 0.15) is 17.4 Å². The molecule has 192 valence electrons. The van der Waals surface area contributed by atoms with Crippen LogP contribution >= 0.6 is 12.2 Å². The van der Waals surface area contributed by atoms with Crippen molar-refractivity contribution in [3.05, 3.63) is 47.8 Å². The molecule has 0 unspecified atom stereocenters. The van der Waals surface area contributed by atoms with Crippen LogP contribution in [-0.2, 0) is 11.0 Å². The maximum absolute atomic E-state index is 13.6. The number of pyridine rings is 1. The summed E-state index contributed by atoms with van der Waals surface area (Å²) in [6.07, 6.45) is 4.49. The second-order valence-electron chi connectivity index (χ2n) is 10.6. The van der Waals surface area contributed by atoms with Crippen LogP contribution in [0.4, 0.5) is 24.5 Å². The molecule has 10 heteroatoms. The van der Waals surface area contributed by atoms with Crippen molar-refractivity contribution in [2.45, 2.75) is 69.2 Å². The van der Waals surface area contributed by atoms with Gasteiger partial charge in [-0.15, -0.1) is 0 Å². The Kier molecular flexibility index (Phi) is 5.68. The number of nitrogens with zero attached hydrogens (tertiary/aromatic N) is 4. The summed E-state index contributed by atoms with van der Waals surface area (Å²) >= 11 is 5.67. The number of halogens is 3. The molecule has 0 N–H and O–H groups in total. The van der Waals surface area contributed by atoms with Gasteiger partial charge in [0.25, 0.3) is 5.91 Å². The summed E-state index contributed by atoms with van der Waals surface area (Å²) in [7, 11) is 0. The van der Waals surface area contributed by atoms with Crippen molar-refractivity contribution in [2.24, 2.45) is 11.8 Å². The molecule has 6 nitrogen and oxygen atoms in total. The lowest BCUT2D eigenvalue weighted by atomic mass is 9.75. The number of hydrogen-bond acceptors (Lipinski definition) is 5. The van der Waals surface area contributed by atoms with Crippen molar-refractivity contribution in [3.63, 3.8) is 0 Å². The molecule has 0 radical (unpaired) electrons. The largest absolute Gasteiger partial charge is 0.490 e. The fourth-order valence-electron chi connectivity index (χ4n) is 6.50. The topological polar surface area (TPSA) is 69.5 Å². The minimum absolute atomic E-state index is 0.0954. The molecule has 4 fully saturated rings. The average Bonchev–Trinajstić information content (AvgIpc) is 3.30. The number of carbonyl (C=O) groups is 1. The maximum atomic E-state index is 13.6. The van der Waals surface area contributed by atoms with Crippen LogP contribution in [0.3, 0.4) is 0 Å². The van der Waals surface area contributed by atoms with E-state index in [-0.39, 0.29) is 22.8 Å². The number of benzene rings is 1. The Balaban J connectivity index is 1.28. The van der Waals surface area contributed by atoms with Gasteiger partial charge < -0.3 is 9.64 Å². The van der Waals surface area contributed by atoms with Crippen molar-refractivity contribution in [3.8, 4) is 11.8 Å². The number of thiocarbonyl (C=S) groups is 1. The van der Waals surface area contributed by atoms with Crippen molar-refractivity contribution < 1.29 is 22.7 Å². The molecule has 1 saturated heterocycles. The zero-order chi connectivity index (χ0) is 25.9. The Labute approximate surface area is 218 Å². The van der Waals surface area contributed by atoms with Crippen molar-refractivity contribution in [1.82, 2.24) is 4.98 Å². The number of amides is 1. The summed E-state index contributed by atoms with van der Waals surface area (Å²) in [4.78, 5) is 20.2. The van der Waals surface area contributed by atoms with Crippen LogP contribution < -0.4 is 14.5 Å². The number of nitriles is 1. The van der Waals surface area contributed by atoms with Crippen LogP contribution in [0.25, 0.3) is 0 Å². The van der Waals surface area contributed by atoms with E-state index in [0.29, 0.717) is 18.5 Å². The molecule has 37 heavy (non-hydrogen) atoms. The van der Waals surface area contributed by atoms with Crippen LogP contribution in [0.15, 0.2) is 36.5 Å². The quantitative estimate of drug-likeness (QED) is 0.456. The fourth-order valence-corrected chi connectivity index (χ4v) is 6.97. The number of hydrogen-bond donors (Lipinski definition) is 0. The molecule has 2 bridgehead atoms. The second-order valence-corrected chi connectivity index (χ2v) is 11.0. The highest BCUT2D eigenvalue weighted by Crippen LogP contribution is 2.49. The summed E-state index contributed by atoms with van der Waals surface area (Å²) in [5.41, 5.74) is -2.28. The van der Waals surface area contributed by atoms with Crippen LogP contribution in [0.1, 0.15) is 62.6 Å². The van der Waals surface area contributed by atoms with Crippen molar-refractivity contribution in [1.29, 1.82) is 5.26 Å². The molecule has 2 aromatic rings. The first-order chi connectivity index (χ1) is 17.7. The number of carbonyl (C=O) groups excluding carboxylic acids is 1. The van der Waals surface area contributed by atoms with Crippen molar-refractivity contribution in [2.75, 3.05) is 9.80 Å². The normalized spacial score (nSPS) is 26.4. The SMILES string of the molecule is N#Cc1ncc(N2C(=O)C3(CCC3)N(c3ccc(O[C@@H]4C[C@@H]5CC[C@@H](C5)C4)cc3)C2=S)cc1C(F)(F)F. The van der Waals surface area contributed by atoms with E-state index in [2.05, 4.69) is 4.98 Å². The van der Waals surface area contributed by atoms with Gasteiger partial charge in [0.05, 0.1) is 23.6 Å². The highest BCUT2D eigenvalue weighted by atomic mass is 32.1. The van der Waals surface area contributed by atoms with Crippen LogP contribution in [0.5, 0.6) is 5.75 Å². The van der Waals surface area contributed by atoms with Crippen LogP contribution in [0, 0.1) is 23.2 Å². The van der Waals surface area contributed by atoms with E-state index in [9.17, 15) is 18.0 Å². The van der Waals surface area contributed by atoms with Gasteiger partial charge in [0.2, 0.25) is 0 Å². The second kappa shape index (κ2) is 8.69. The van der Waals surface area contributed by atoms with E-state index in [1.54, 1.807) is 4.90 Å². The number of anilines is 2. The number of fused-ring (bicyclic) bond motifs is 2. The number of alkyl halides is 3. The zero-order valence-electron chi connectivity index (χ0n) is 20.0. The lowest BCUT2D eigenvalue weighted by Gasteiger charge is -2.43. The number of aromatic nitrogens is 1. The molecular weight excluding hydrogens is 501 g/mol. The van der Waals surface area contributed by atoms with Gasteiger partial charge in [0, 0.05) is 5.69 Å². The summed E-state index contributed by atoms with van der Waals surface area (Å²) in [6, 6.07) is 9.70. The summed E-state index contributed by atoms with van der Waals surface area (Å²) < 4.78 is 47.0. The first-order valence-corrected chi connectivity index (χ1v) is 13.0. The predicted molar refractivity (Wildman–Crippen MR) is 134 cm³/mol. The zero-order valence-corrected chi connectivity index (χ0v) is 20.8. The van der Waals surface area contributed by atoms with Gasteiger partial charge in [-0.25, -0.2) is 4.98 Å². The molecule has 4 aliphatic rings. The summed E-state index contributed by atoms with van der Waals surface area (Å²) in [5.74, 6) is 1.91. The van der Waals surface area contributed by atoms with Gasteiger partial charge in [-0.3, -0.25) is 9.69 Å². The standard InChI is InChI=1S/C27H25F3N4O2S/c28-27(29,30)22-13-19(15-32-23(22)14-31)33-24(35)26(8-1-9-26)34(25(33)37)18-4-6-20(7-5-18)36-21-11-16-2-3-17(10-16)12-21/h4-7,13,15-17,21H,1-3,8-12H2/t16-,17+,21-. The van der Waals surface area contributed by atoms with E-state index in [1.807, 2.05) is 24.3 Å². The Morgan fingerprint density at radius 3 is 2.32 bits per heavy atom. The van der Waals surface area contributed by atoms with Gasteiger partial charge in [-0.2, -0.15) is 18.4 Å². The van der Waals surface area contributed by atoms with Crippen LogP contribution in [-0.4, -0.2) is 27.6 Å². The Morgan fingerprint density at radius 1 is 1.08 bits per heavy atom. The molecule has 1 aliphatic heterocycles. The van der Waals surface area contributed by atoms with Gasteiger partial charge in [-0.05, 0) is 92.9 Å². The van der Waals surface area contributed by atoms with E-state index in [1.165, 1.54) is 25.3 Å². The third-order valence-electron chi connectivity index (χ3n) is 8.38. The van der Waals surface area contributed by atoms with Gasteiger partial charge >= 0.3 is 6.18 Å². The predicted octanol–water partition coefficient (Wildman–Crippen LogP) is 5.99. The van der Waals surface area contributed by atoms with E-state index in [4.69, 9.17) is 22.2 Å². The van der Waals surface area contributed by atoms with Crippen molar-refractivity contribution >= 4 is 34.6 Å². The van der Waals surface area contributed by atoms with Gasteiger partial charge in [-0.1, -0.05) is 12.8 Å². The van der Waals surface area contributed by atoms with Gasteiger partial charge in [0.15, 0.2) is 10.8 Å². The molecule has 1 aromatic heterocycles. The molecule has 3 atom stereocenters. The lowest BCUT2D eigenvalue weighted by Crippen LogP contribution is -2.55. The molecule has 1 amide bonds. The minimum atomic E-state index is -4.79. The first kappa shape index (κ1) is 24.2. The Hall–Kier alpha value is -3.19. The highest BCUT2D eigenvalue weighted by Gasteiger charge is 2.59. The molecule has 1 aromatic carbocycles. The van der Waals surface area contributed by atoms with E-state index in [0.717, 1.165) is 54.0 Å². The third kappa shape index (κ3) is 3.95. The lowest BCUT2D eigenvalue weighted by molar-refractivity contribution is -0.138. The molecular formula is C27H25F3N4O2S. The fraction of sp³-hybridized carbons (Fsp3) is 0.481. The summed E-state index contributed by atoms with van der Waals surface area (Å²) in [6.45, 7) is 0. The minimum Gasteiger partial charge on any atom is -0.490 e. The maximum Gasteiger partial charge on any atom is 0.419 e. The first-order valence-electron chi connectivity index (χ1n) is 12.6.